The molecule has 0 aliphatic carbocycles. The first-order chi connectivity index (χ1) is 12.2. The highest BCUT2D eigenvalue weighted by Gasteiger charge is 2.16. The van der Waals surface area contributed by atoms with E-state index in [1.807, 2.05) is 36.4 Å². The molecule has 25 heavy (non-hydrogen) atoms. The van der Waals surface area contributed by atoms with Crippen molar-refractivity contribution in [1.82, 2.24) is 15.3 Å². The monoisotopic (exact) mass is 340 g/mol. The number of anilines is 1. The van der Waals surface area contributed by atoms with E-state index in [1.54, 1.807) is 13.1 Å². The van der Waals surface area contributed by atoms with Gasteiger partial charge in [-0.05, 0) is 44.4 Å². The Morgan fingerprint density at radius 2 is 1.96 bits per heavy atom. The molecule has 1 aromatic carbocycles. The summed E-state index contributed by atoms with van der Waals surface area (Å²) in [4.78, 5) is 23.3. The lowest BCUT2D eigenvalue weighted by Crippen LogP contribution is -2.36. The van der Waals surface area contributed by atoms with Gasteiger partial charge in [-0.15, -0.1) is 0 Å². The van der Waals surface area contributed by atoms with Crippen LogP contribution >= 0.6 is 0 Å². The second kappa shape index (κ2) is 8.46. The summed E-state index contributed by atoms with van der Waals surface area (Å²) >= 11 is 0. The SMILES string of the molecule is CC(Oc1ccccc1)C(=O)NCc1nccc(N2CCCCC2)n1. The number of piperidine rings is 1. The predicted octanol–water partition coefficient (Wildman–Crippen LogP) is 2.55. The molecule has 1 amide bonds. The third-order valence-electron chi connectivity index (χ3n) is 4.22. The number of ether oxygens (including phenoxy) is 1. The van der Waals surface area contributed by atoms with Crippen LogP contribution < -0.4 is 15.0 Å². The smallest absolute Gasteiger partial charge is 0.261 e. The van der Waals surface area contributed by atoms with Crippen LogP contribution in [0.5, 0.6) is 5.75 Å². The molecule has 1 unspecified atom stereocenters. The maximum absolute atomic E-state index is 12.2. The van der Waals surface area contributed by atoms with Crippen LogP contribution in [-0.2, 0) is 11.3 Å². The number of hydrogen-bond donors (Lipinski definition) is 1. The Bertz CT molecular complexity index is 687. The van der Waals surface area contributed by atoms with E-state index >= 15 is 0 Å². The molecule has 0 spiro atoms. The van der Waals surface area contributed by atoms with E-state index < -0.39 is 6.10 Å². The minimum absolute atomic E-state index is 0.184. The largest absolute Gasteiger partial charge is 0.481 e. The van der Waals surface area contributed by atoms with Crippen molar-refractivity contribution in [1.29, 1.82) is 0 Å². The van der Waals surface area contributed by atoms with Crippen molar-refractivity contribution in [3.05, 3.63) is 48.4 Å². The van der Waals surface area contributed by atoms with Gasteiger partial charge in [0.15, 0.2) is 6.10 Å². The Morgan fingerprint density at radius 3 is 2.72 bits per heavy atom. The molecule has 1 atom stereocenters. The van der Waals surface area contributed by atoms with Gasteiger partial charge in [-0.2, -0.15) is 0 Å². The van der Waals surface area contributed by atoms with E-state index in [-0.39, 0.29) is 5.91 Å². The number of rotatable bonds is 6. The highest BCUT2D eigenvalue weighted by molar-refractivity contribution is 5.80. The summed E-state index contributed by atoms with van der Waals surface area (Å²) in [6.45, 7) is 4.09. The van der Waals surface area contributed by atoms with E-state index in [0.717, 1.165) is 18.9 Å². The van der Waals surface area contributed by atoms with E-state index in [9.17, 15) is 4.79 Å². The maximum Gasteiger partial charge on any atom is 0.261 e. The van der Waals surface area contributed by atoms with Crippen LogP contribution in [0.1, 0.15) is 32.0 Å². The molecule has 1 aliphatic rings. The van der Waals surface area contributed by atoms with Gasteiger partial charge in [0, 0.05) is 19.3 Å². The molecule has 1 saturated heterocycles. The Hall–Kier alpha value is -2.63. The number of hydrogen-bond acceptors (Lipinski definition) is 5. The fourth-order valence-corrected chi connectivity index (χ4v) is 2.84. The summed E-state index contributed by atoms with van der Waals surface area (Å²) in [7, 11) is 0. The van der Waals surface area contributed by atoms with E-state index in [2.05, 4.69) is 20.2 Å². The highest BCUT2D eigenvalue weighted by atomic mass is 16.5. The van der Waals surface area contributed by atoms with Gasteiger partial charge in [0.25, 0.3) is 5.91 Å². The summed E-state index contributed by atoms with van der Waals surface area (Å²) in [5.41, 5.74) is 0. The highest BCUT2D eigenvalue weighted by Crippen LogP contribution is 2.17. The number of nitrogens with one attached hydrogen (secondary N) is 1. The average Bonchev–Trinajstić information content (AvgIpc) is 2.68. The van der Waals surface area contributed by atoms with Gasteiger partial charge >= 0.3 is 0 Å². The summed E-state index contributed by atoms with van der Waals surface area (Å²) in [5, 5.41) is 2.84. The normalized spacial score (nSPS) is 15.5. The number of carbonyl (C=O) groups excluding carboxylic acids is 1. The third kappa shape index (κ3) is 4.92. The van der Waals surface area contributed by atoms with Gasteiger partial charge in [-0.25, -0.2) is 9.97 Å². The van der Waals surface area contributed by atoms with Crippen molar-refractivity contribution in [2.45, 2.75) is 38.8 Å². The number of nitrogens with zero attached hydrogens (tertiary/aromatic N) is 3. The summed E-state index contributed by atoms with van der Waals surface area (Å²) in [5.74, 6) is 2.04. The molecule has 2 aromatic rings. The molecule has 1 aliphatic heterocycles. The van der Waals surface area contributed by atoms with Gasteiger partial charge in [0.05, 0.1) is 6.54 Å². The standard InChI is InChI=1S/C19H24N4O2/c1-15(25-16-8-4-2-5-9-16)19(24)21-14-17-20-11-10-18(22-17)23-12-6-3-7-13-23/h2,4-5,8-11,15H,3,6-7,12-14H2,1H3,(H,21,24). The fourth-order valence-electron chi connectivity index (χ4n) is 2.84. The minimum atomic E-state index is -0.576. The number of carbonyl (C=O) groups is 1. The predicted molar refractivity (Wildman–Crippen MR) is 96.5 cm³/mol. The lowest BCUT2D eigenvalue weighted by molar-refractivity contribution is -0.127. The lowest BCUT2D eigenvalue weighted by atomic mass is 10.1. The van der Waals surface area contributed by atoms with Crippen LogP contribution in [0.2, 0.25) is 0 Å². The Kier molecular flexibility index (Phi) is 5.82. The second-order valence-corrected chi connectivity index (χ2v) is 6.17. The zero-order chi connectivity index (χ0) is 17.5. The number of para-hydroxylation sites is 1. The van der Waals surface area contributed by atoms with Crippen LogP contribution in [0.3, 0.4) is 0 Å². The van der Waals surface area contributed by atoms with Crippen LogP contribution in [0.4, 0.5) is 5.82 Å². The number of amides is 1. The van der Waals surface area contributed by atoms with E-state index in [0.29, 0.717) is 18.1 Å². The molecular formula is C19H24N4O2. The molecule has 0 bridgehead atoms. The molecule has 6 heteroatoms. The van der Waals surface area contributed by atoms with Gasteiger partial charge in [0.1, 0.15) is 17.4 Å². The number of benzene rings is 1. The van der Waals surface area contributed by atoms with Crippen molar-refractivity contribution in [2.75, 3.05) is 18.0 Å². The molecular weight excluding hydrogens is 316 g/mol. The molecule has 0 saturated carbocycles. The first-order valence-electron chi connectivity index (χ1n) is 8.78. The van der Waals surface area contributed by atoms with Crippen LogP contribution in [-0.4, -0.2) is 35.1 Å². The second-order valence-electron chi connectivity index (χ2n) is 6.17. The molecule has 3 rings (SSSR count). The van der Waals surface area contributed by atoms with Gasteiger partial charge in [-0.1, -0.05) is 18.2 Å². The van der Waals surface area contributed by atoms with Crippen molar-refractivity contribution in [3.63, 3.8) is 0 Å². The summed E-state index contributed by atoms with van der Waals surface area (Å²) in [6, 6.07) is 11.2. The van der Waals surface area contributed by atoms with Crippen molar-refractivity contribution >= 4 is 11.7 Å². The lowest BCUT2D eigenvalue weighted by Gasteiger charge is -2.27. The molecule has 1 aromatic heterocycles. The zero-order valence-corrected chi connectivity index (χ0v) is 14.5. The van der Waals surface area contributed by atoms with E-state index in [4.69, 9.17) is 4.74 Å². The maximum atomic E-state index is 12.2. The molecule has 2 heterocycles. The average molecular weight is 340 g/mol. The van der Waals surface area contributed by atoms with Gasteiger partial charge < -0.3 is 15.0 Å². The molecule has 0 radical (unpaired) electrons. The Morgan fingerprint density at radius 1 is 1.20 bits per heavy atom. The molecule has 1 N–H and O–H groups in total. The van der Waals surface area contributed by atoms with Crippen LogP contribution in [0.25, 0.3) is 0 Å². The van der Waals surface area contributed by atoms with Crippen LogP contribution in [0.15, 0.2) is 42.6 Å². The first kappa shape index (κ1) is 17.2. The van der Waals surface area contributed by atoms with Gasteiger partial charge in [0.2, 0.25) is 0 Å². The molecule has 6 nitrogen and oxygen atoms in total. The molecule has 1 fully saturated rings. The van der Waals surface area contributed by atoms with Crippen LogP contribution in [0, 0.1) is 0 Å². The zero-order valence-electron chi connectivity index (χ0n) is 14.5. The molecule has 132 valence electrons. The van der Waals surface area contributed by atoms with Crippen molar-refractivity contribution < 1.29 is 9.53 Å². The minimum Gasteiger partial charge on any atom is -0.481 e. The first-order valence-corrected chi connectivity index (χ1v) is 8.78. The Balaban J connectivity index is 1.53. The summed E-state index contributed by atoms with van der Waals surface area (Å²) in [6.07, 6.45) is 4.86. The Labute approximate surface area is 148 Å². The topological polar surface area (TPSA) is 67.3 Å². The van der Waals surface area contributed by atoms with E-state index in [1.165, 1.54) is 19.3 Å². The van der Waals surface area contributed by atoms with Crippen molar-refractivity contribution in [3.8, 4) is 5.75 Å². The van der Waals surface area contributed by atoms with Crippen molar-refractivity contribution in [2.24, 2.45) is 0 Å². The fraction of sp³-hybridized carbons (Fsp3) is 0.421. The number of aromatic nitrogens is 2. The quantitative estimate of drug-likeness (QED) is 0.875. The summed E-state index contributed by atoms with van der Waals surface area (Å²) < 4.78 is 5.62. The third-order valence-corrected chi connectivity index (χ3v) is 4.22. The van der Waals surface area contributed by atoms with Gasteiger partial charge in [-0.3, -0.25) is 4.79 Å².